The van der Waals surface area contributed by atoms with Crippen molar-refractivity contribution >= 4 is 28.5 Å². The summed E-state index contributed by atoms with van der Waals surface area (Å²) >= 11 is 2.07. The molecule has 0 bridgehead atoms. The van der Waals surface area contributed by atoms with Gasteiger partial charge in [-0.1, -0.05) is 30.3 Å². The van der Waals surface area contributed by atoms with Crippen molar-refractivity contribution in [2.45, 2.75) is 37.1 Å². The van der Waals surface area contributed by atoms with E-state index in [1.165, 1.54) is 6.20 Å². The number of rotatable bonds is 9. The number of hydrogen-bond donors (Lipinski definition) is 2. The Balaban J connectivity index is 1.93. The Morgan fingerprint density at radius 3 is 2.72 bits per heavy atom. The molecule has 4 unspecified atom stereocenters. The van der Waals surface area contributed by atoms with Gasteiger partial charge in [-0.15, -0.1) is 0 Å². The highest BCUT2D eigenvalue weighted by atomic mass is 127. The molecule has 2 aromatic rings. The molecule has 1 aromatic carbocycles. The zero-order valence-corrected chi connectivity index (χ0v) is 18.6. The minimum absolute atomic E-state index is 0.0695. The average Bonchev–Trinajstić information content (AvgIpc) is 2.98. The van der Waals surface area contributed by atoms with Crippen LogP contribution in [0.5, 0.6) is 0 Å². The topological polar surface area (TPSA) is 109 Å². The zero-order chi connectivity index (χ0) is 20.9. The van der Waals surface area contributed by atoms with Crippen molar-refractivity contribution in [3.63, 3.8) is 0 Å². The van der Waals surface area contributed by atoms with Gasteiger partial charge in [0, 0.05) is 12.3 Å². The number of nitrogens with zero attached hydrogens (tertiary/aromatic N) is 1. The lowest BCUT2D eigenvalue weighted by Gasteiger charge is -2.33. The molecule has 0 saturated carbocycles. The molecule has 3 N–H and O–H groups in total. The third kappa shape index (κ3) is 5.12. The van der Waals surface area contributed by atoms with E-state index in [2.05, 4.69) is 27.0 Å². The molecule has 1 aliphatic heterocycles. The molecule has 1 fully saturated rings. The van der Waals surface area contributed by atoms with Crippen LogP contribution in [0.3, 0.4) is 0 Å². The fourth-order valence-electron chi connectivity index (χ4n) is 3.44. The fraction of sp³-hybridized carbons (Fsp3) is 0.444. The van der Waals surface area contributed by atoms with Crippen molar-refractivity contribution in [2.24, 2.45) is 5.73 Å². The molecule has 0 spiro atoms. The predicted octanol–water partition coefficient (Wildman–Crippen LogP) is 2.04. The molecule has 3 rings (SSSR count). The number of hydrogen-bond acceptors (Lipinski definition) is 6. The molecule has 0 radical (unpaired) electrons. The van der Waals surface area contributed by atoms with Crippen LogP contribution in [0.2, 0.25) is 0 Å². The maximum atomic E-state index is 15.6. The Bertz CT molecular complexity index is 914. The van der Waals surface area contributed by atoms with Gasteiger partial charge in [0.05, 0.1) is 19.7 Å². The Morgan fingerprint density at radius 2 is 2.07 bits per heavy atom. The standard InChI is InChI=1S/C18H22FIN3O5P/c19-14-15(26-10-12-4-2-1-3-5-12)18(7-8-21,11-27-29-20)28-16(14)23-9-6-13(24)22-17(23)25/h1-6,9,14-16,29H,7-8,10-11,21H2,(H,22,24,25)/t14?,15?,16?,18-/m1/s1. The normalized spacial score (nSPS) is 27.1. The van der Waals surface area contributed by atoms with Crippen molar-refractivity contribution in [1.82, 2.24) is 9.55 Å². The average molecular weight is 537 g/mol. The summed E-state index contributed by atoms with van der Waals surface area (Å²) in [5, 5.41) is 0. The zero-order valence-electron chi connectivity index (χ0n) is 15.4. The number of nitrogens with one attached hydrogen (secondary N) is 1. The largest absolute Gasteiger partial charge is 0.367 e. The van der Waals surface area contributed by atoms with Gasteiger partial charge in [0.1, 0.15) is 11.7 Å². The molecule has 29 heavy (non-hydrogen) atoms. The summed E-state index contributed by atoms with van der Waals surface area (Å²) < 4.78 is 34.2. The molecule has 11 heteroatoms. The van der Waals surface area contributed by atoms with E-state index in [0.29, 0.717) is 0 Å². The summed E-state index contributed by atoms with van der Waals surface area (Å²) in [5.41, 5.74) is 4.17. The molecular formula is C18H22FIN3O5P. The molecule has 2 heterocycles. The second kappa shape index (κ2) is 10.2. The van der Waals surface area contributed by atoms with Gasteiger partial charge in [-0.05, 0) is 40.6 Å². The number of H-pyrrole nitrogens is 1. The number of benzene rings is 1. The van der Waals surface area contributed by atoms with Crippen LogP contribution in [0.25, 0.3) is 0 Å². The summed E-state index contributed by atoms with van der Waals surface area (Å²) in [6, 6.07) is 10.5. The summed E-state index contributed by atoms with van der Waals surface area (Å²) in [5.74, 6) is 0. The van der Waals surface area contributed by atoms with E-state index < -0.39 is 35.4 Å². The first-order valence-corrected chi connectivity index (χ1v) is 13.0. The highest BCUT2D eigenvalue weighted by Gasteiger charge is 2.57. The first kappa shape index (κ1) is 22.5. The monoisotopic (exact) mass is 537 g/mol. The predicted molar refractivity (Wildman–Crippen MR) is 116 cm³/mol. The number of ether oxygens (including phenoxy) is 2. The lowest BCUT2D eigenvalue weighted by atomic mass is 9.92. The minimum atomic E-state index is -1.67. The van der Waals surface area contributed by atoms with Crippen LogP contribution >= 0.6 is 28.5 Å². The van der Waals surface area contributed by atoms with Crippen molar-refractivity contribution in [3.05, 3.63) is 69.0 Å². The van der Waals surface area contributed by atoms with Gasteiger partial charge in [0.15, 0.2) is 12.4 Å². The first-order chi connectivity index (χ1) is 14.0. The van der Waals surface area contributed by atoms with Crippen LogP contribution in [0.15, 0.2) is 52.2 Å². The van der Waals surface area contributed by atoms with Crippen molar-refractivity contribution in [2.75, 3.05) is 13.2 Å². The molecule has 1 saturated heterocycles. The third-order valence-electron chi connectivity index (χ3n) is 4.77. The van der Waals surface area contributed by atoms with Gasteiger partial charge in [0.2, 0.25) is 0 Å². The number of alkyl halides is 1. The molecule has 1 aliphatic rings. The van der Waals surface area contributed by atoms with Gasteiger partial charge in [-0.2, -0.15) is 0 Å². The maximum Gasteiger partial charge on any atom is 0.330 e. The van der Waals surface area contributed by atoms with Gasteiger partial charge < -0.3 is 19.7 Å². The van der Waals surface area contributed by atoms with E-state index in [1.807, 2.05) is 30.3 Å². The lowest BCUT2D eigenvalue weighted by molar-refractivity contribution is -0.140. The highest BCUT2D eigenvalue weighted by molar-refractivity contribution is 14.2. The summed E-state index contributed by atoms with van der Waals surface area (Å²) in [6.07, 6.45) is -2.46. The van der Waals surface area contributed by atoms with Crippen LogP contribution in [0, 0.1) is 0 Å². The molecule has 8 nitrogen and oxygen atoms in total. The van der Waals surface area contributed by atoms with E-state index in [9.17, 15) is 9.59 Å². The Morgan fingerprint density at radius 1 is 1.31 bits per heavy atom. The Kier molecular flexibility index (Phi) is 7.94. The van der Waals surface area contributed by atoms with Crippen LogP contribution < -0.4 is 17.0 Å². The van der Waals surface area contributed by atoms with Crippen molar-refractivity contribution in [1.29, 1.82) is 0 Å². The van der Waals surface area contributed by atoms with E-state index in [1.54, 1.807) is 0 Å². The third-order valence-corrected chi connectivity index (χ3v) is 5.96. The molecule has 5 atom stereocenters. The fourth-order valence-corrected chi connectivity index (χ4v) is 4.20. The van der Waals surface area contributed by atoms with E-state index in [4.69, 9.17) is 19.7 Å². The molecule has 158 valence electrons. The number of aromatic nitrogens is 2. The molecule has 0 amide bonds. The number of nitrogens with two attached hydrogens (primary N) is 1. The summed E-state index contributed by atoms with van der Waals surface area (Å²) in [4.78, 5) is 25.7. The van der Waals surface area contributed by atoms with Gasteiger partial charge in [-0.3, -0.25) is 14.3 Å². The molecular weight excluding hydrogens is 515 g/mol. The van der Waals surface area contributed by atoms with Gasteiger partial charge in [0.25, 0.3) is 5.56 Å². The summed E-state index contributed by atoms with van der Waals surface area (Å²) in [6.45, 7) is 0.595. The lowest BCUT2D eigenvalue weighted by Crippen LogP contribution is -2.48. The minimum Gasteiger partial charge on any atom is -0.367 e. The smallest absolute Gasteiger partial charge is 0.330 e. The highest BCUT2D eigenvalue weighted by Crippen LogP contribution is 2.44. The van der Waals surface area contributed by atoms with Crippen LogP contribution in [-0.4, -0.2) is 40.6 Å². The van der Waals surface area contributed by atoms with E-state index in [-0.39, 0.29) is 32.6 Å². The Hall–Kier alpha value is -1.17. The Labute approximate surface area is 181 Å². The molecule has 0 aliphatic carbocycles. The van der Waals surface area contributed by atoms with Crippen LogP contribution in [0.4, 0.5) is 4.39 Å². The van der Waals surface area contributed by atoms with E-state index >= 15 is 4.39 Å². The molecule has 1 aromatic heterocycles. The number of halogens is 2. The van der Waals surface area contributed by atoms with Crippen LogP contribution in [0.1, 0.15) is 18.2 Å². The van der Waals surface area contributed by atoms with Gasteiger partial charge in [-0.25, -0.2) is 9.18 Å². The van der Waals surface area contributed by atoms with Gasteiger partial charge >= 0.3 is 5.69 Å². The van der Waals surface area contributed by atoms with Crippen molar-refractivity contribution in [3.8, 4) is 0 Å². The van der Waals surface area contributed by atoms with E-state index in [0.717, 1.165) is 16.2 Å². The first-order valence-electron chi connectivity index (χ1n) is 8.97. The van der Waals surface area contributed by atoms with Crippen molar-refractivity contribution < 1.29 is 18.4 Å². The quantitative estimate of drug-likeness (QED) is 0.375. The summed E-state index contributed by atoms with van der Waals surface area (Å²) in [7, 11) is 0. The van der Waals surface area contributed by atoms with Crippen LogP contribution in [-0.2, 0) is 20.6 Å². The SMILES string of the molecule is NCC[C@]1(COPI)OC(n2ccc(=O)[nH]c2=O)C(F)C1OCc1ccccc1. The second-order valence-electron chi connectivity index (χ2n) is 6.66. The maximum absolute atomic E-state index is 15.6. The number of aromatic amines is 1. The second-order valence-corrected chi connectivity index (χ2v) is 8.42.